The molecule has 0 saturated heterocycles. The highest BCUT2D eigenvalue weighted by molar-refractivity contribution is 5.06. The van der Waals surface area contributed by atoms with Gasteiger partial charge in [0.15, 0.2) is 0 Å². The van der Waals surface area contributed by atoms with E-state index in [0.29, 0.717) is 6.54 Å². The van der Waals surface area contributed by atoms with Crippen LogP contribution >= 0.6 is 0 Å². The van der Waals surface area contributed by atoms with Gasteiger partial charge in [-0.1, -0.05) is 5.16 Å². The molecule has 0 fully saturated rings. The van der Waals surface area contributed by atoms with E-state index < -0.39 is 0 Å². The lowest BCUT2D eigenvalue weighted by atomic mass is 10.4. The fourth-order valence-electron chi connectivity index (χ4n) is 1.21. The van der Waals surface area contributed by atoms with Gasteiger partial charge >= 0.3 is 0 Å². The molecule has 2 aromatic rings. The van der Waals surface area contributed by atoms with Crippen molar-refractivity contribution < 1.29 is 4.52 Å². The SMILES string of the molecule is Cc1cc(Cn2nccc2C)no1. The highest BCUT2D eigenvalue weighted by Gasteiger charge is 2.02. The zero-order valence-corrected chi connectivity index (χ0v) is 7.69. The van der Waals surface area contributed by atoms with Crippen molar-refractivity contribution in [2.45, 2.75) is 20.4 Å². The van der Waals surface area contributed by atoms with Gasteiger partial charge in [-0.25, -0.2) is 0 Å². The van der Waals surface area contributed by atoms with Crippen LogP contribution in [0.1, 0.15) is 17.1 Å². The largest absolute Gasteiger partial charge is 0.361 e. The summed E-state index contributed by atoms with van der Waals surface area (Å²) in [5.41, 5.74) is 2.03. The van der Waals surface area contributed by atoms with Crippen molar-refractivity contribution in [3.05, 3.63) is 35.5 Å². The lowest BCUT2D eigenvalue weighted by molar-refractivity contribution is 0.387. The standard InChI is InChI=1S/C9H11N3O/c1-7-3-4-10-12(7)6-9-5-8(2)13-11-9/h3-5H,6H2,1-2H3. The first-order valence-corrected chi connectivity index (χ1v) is 4.16. The van der Waals surface area contributed by atoms with Crippen molar-refractivity contribution in [2.75, 3.05) is 0 Å². The van der Waals surface area contributed by atoms with Crippen LogP contribution in [0.25, 0.3) is 0 Å². The summed E-state index contributed by atoms with van der Waals surface area (Å²) in [6.07, 6.45) is 1.78. The molecule has 2 aromatic heterocycles. The zero-order chi connectivity index (χ0) is 9.26. The lowest BCUT2D eigenvalue weighted by Crippen LogP contribution is -2.03. The first-order valence-electron chi connectivity index (χ1n) is 4.16. The van der Waals surface area contributed by atoms with Gasteiger partial charge in [0.25, 0.3) is 0 Å². The van der Waals surface area contributed by atoms with E-state index in [4.69, 9.17) is 4.52 Å². The first-order chi connectivity index (χ1) is 6.25. The smallest absolute Gasteiger partial charge is 0.133 e. The average Bonchev–Trinajstić information content (AvgIpc) is 2.64. The van der Waals surface area contributed by atoms with Gasteiger partial charge in [0, 0.05) is 18.0 Å². The summed E-state index contributed by atoms with van der Waals surface area (Å²) in [6, 6.07) is 3.88. The Labute approximate surface area is 76.2 Å². The third-order valence-corrected chi connectivity index (χ3v) is 1.92. The second-order valence-corrected chi connectivity index (χ2v) is 3.06. The Hall–Kier alpha value is -1.58. The third kappa shape index (κ3) is 1.61. The van der Waals surface area contributed by atoms with Gasteiger partial charge in [0.2, 0.25) is 0 Å². The highest BCUT2D eigenvalue weighted by Crippen LogP contribution is 2.05. The van der Waals surface area contributed by atoms with Crippen LogP contribution in [-0.4, -0.2) is 14.9 Å². The fraction of sp³-hybridized carbons (Fsp3) is 0.333. The van der Waals surface area contributed by atoms with Crippen molar-refractivity contribution in [1.82, 2.24) is 14.9 Å². The van der Waals surface area contributed by atoms with E-state index in [9.17, 15) is 0 Å². The molecule has 4 heteroatoms. The molecule has 0 spiro atoms. The molecule has 0 saturated carbocycles. The van der Waals surface area contributed by atoms with Crippen LogP contribution in [0.5, 0.6) is 0 Å². The summed E-state index contributed by atoms with van der Waals surface area (Å²) in [5, 5.41) is 8.05. The molecule has 0 aliphatic heterocycles. The van der Waals surface area contributed by atoms with E-state index >= 15 is 0 Å². The van der Waals surface area contributed by atoms with Gasteiger partial charge in [-0.3, -0.25) is 4.68 Å². The number of nitrogens with zero attached hydrogens (tertiary/aromatic N) is 3. The molecule has 0 amide bonds. The van der Waals surface area contributed by atoms with E-state index in [0.717, 1.165) is 17.1 Å². The minimum atomic E-state index is 0.677. The topological polar surface area (TPSA) is 43.9 Å². The number of hydrogen-bond donors (Lipinski definition) is 0. The molecule has 0 aliphatic carbocycles. The van der Waals surface area contributed by atoms with Gasteiger partial charge in [-0.15, -0.1) is 0 Å². The maximum Gasteiger partial charge on any atom is 0.133 e. The zero-order valence-electron chi connectivity index (χ0n) is 7.69. The molecule has 0 radical (unpaired) electrons. The molecule has 68 valence electrons. The van der Waals surface area contributed by atoms with E-state index in [1.165, 1.54) is 0 Å². The minimum Gasteiger partial charge on any atom is -0.361 e. The lowest BCUT2D eigenvalue weighted by Gasteiger charge is -1.98. The Morgan fingerprint density at radius 3 is 2.85 bits per heavy atom. The van der Waals surface area contributed by atoms with Gasteiger partial charge in [0.05, 0.1) is 6.54 Å². The van der Waals surface area contributed by atoms with Crippen molar-refractivity contribution in [2.24, 2.45) is 0 Å². The minimum absolute atomic E-state index is 0.677. The van der Waals surface area contributed by atoms with Crippen molar-refractivity contribution in [3.63, 3.8) is 0 Å². The van der Waals surface area contributed by atoms with Gasteiger partial charge in [0.1, 0.15) is 11.5 Å². The van der Waals surface area contributed by atoms with Gasteiger partial charge < -0.3 is 4.52 Å². The molecule has 2 rings (SSSR count). The predicted molar refractivity (Wildman–Crippen MR) is 47.3 cm³/mol. The Balaban J connectivity index is 2.19. The Morgan fingerprint density at radius 2 is 2.31 bits per heavy atom. The Morgan fingerprint density at radius 1 is 1.46 bits per heavy atom. The van der Waals surface area contributed by atoms with Crippen LogP contribution < -0.4 is 0 Å². The molecule has 0 aliphatic rings. The molecule has 2 heterocycles. The summed E-state index contributed by atoms with van der Waals surface area (Å²) in [6.45, 7) is 4.57. The molecular formula is C9H11N3O. The van der Waals surface area contributed by atoms with Crippen LogP contribution in [-0.2, 0) is 6.54 Å². The van der Waals surface area contributed by atoms with E-state index in [2.05, 4.69) is 10.3 Å². The molecule has 0 aromatic carbocycles. The predicted octanol–water partition coefficient (Wildman–Crippen LogP) is 1.54. The summed E-state index contributed by atoms with van der Waals surface area (Å²) < 4.78 is 6.85. The monoisotopic (exact) mass is 177 g/mol. The second-order valence-electron chi connectivity index (χ2n) is 3.06. The van der Waals surface area contributed by atoms with Crippen molar-refractivity contribution in [1.29, 1.82) is 0 Å². The van der Waals surface area contributed by atoms with Crippen LogP contribution in [0.15, 0.2) is 22.9 Å². The Kier molecular flexibility index (Phi) is 1.88. The number of aromatic nitrogens is 3. The average molecular weight is 177 g/mol. The molecule has 0 unspecified atom stereocenters. The summed E-state index contributed by atoms with van der Waals surface area (Å²) in [7, 11) is 0. The van der Waals surface area contributed by atoms with E-state index in [1.54, 1.807) is 6.20 Å². The van der Waals surface area contributed by atoms with Gasteiger partial charge in [-0.2, -0.15) is 5.10 Å². The molecule has 0 bridgehead atoms. The summed E-state index contributed by atoms with van der Waals surface area (Å²) >= 11 is 0. The number of rotatable bonds is 2. The van der Waals surface area contributed by atoms with Crippen molar-refractivity contribution >= 4 is 0 Å². The van der Waals surface area contributed by atoms with Gasteiger partial charge in [-0.05, 0) is 19.9 Å². The quantitative estimate of drug-likeness (QED) is 0.698. The van der Waals surface area contributed by atoms with Crippen LogP contribution in [0.4, 0.5) is 0 Å². The maximum absolute atomic E-state index is 4.96. The first kappa shape index (κ1) is 8.04. The third-order valence-electron chi connectivity index (χ3n) is 1.92. The van der Waals surface area contributed by atoms with E-state index in [-0.39, 0.29) is 0 Å². The highest BCUT2D eigenvalue weighted by atomic mass is 16.5. The fourth-order valence-corrected chi connectivity index (χ4v) is 1.21. The summed E-state index contributed by atoms with van der Waals surface area (Å²) in [5.74, 6) is 0.833. The number of aryl methyl sites for hydroxylation is 2. The van der Waals surface area contributed by atoms with E-state index in [1.807, 2.05) is 30.7 Å². The van der Waals surface area contributed by atoms with Crippen LogP contribution in [0.3, 0.4) is 0 Å². The Bertz CT molecular complexity index is 402. The molecular weight excluding hydrogens is 166 g/mol. The molecule has 4 nitrogen and oxygen atoms in total. The second kappa shape index (κ2) is 3.05. The molecule has 13 heavy (non-hydrogen) atoms. The van der Waals surface area contributed by atoms with Crippen LogP contribution in [0.2, 0.25) is 0 Å². The van der Waals surface area contributed by atoms with Crippen molar-refractivity contribution in [3.8, 4) is 0 Å². The molecule has 0 atom stereocenters. The van der Waals surface area contributed by atoms with Crippen LogP contribution in [0, 0.1) is 13.8 Å². The number of hydrogen-bond acceptors (Lipinski definition) is 3. The normalized spacial score (nSPS) is 10.6. The maximum atomic E-state index is 4.96. The molecule has 0 N–H and O–H groups in total. The summed E-state index contributed by atoms with van der Waals surface area (Å²) in [4.78, 5) is 0.